The molecule has 3 N–H and O–H groups in total. The van der Waals surface area contributed by atoms with E-state index in [-0.39, 0.29) is 18.5 Å². The van der Waals surface area contributed by atoms with Crippen molar-refractivity contribution >= 4 is 11.9 Å². The van der Waals surface area contributed by atoms with E-state index in [0.29, 0.717) is 25.9 Å². The molecule has 2 atom stereocenters. The molecular weight excluding hydrogens is 911 g/mol. The van der Waals surface area contributed by atoms with E-state index < -0.39 is 12.1 Å². The van der Waals surface area contributed by atoms with Crippen LogP contribution in [-0.2, 0) is 14.3 Å². The zero-order chi connectivity index (χ0) is 53.6. The van der Waals surface area contributed by atoms with Gasteiger partial charge in [0.15, 0.2) is 0 Å². The van der Waals surface area contributed by atoms with E-state index in [1.807, 2.05) is 0 Å². The Balaban J connectivity index is 3.45. The number of rotatable bonds is 62. The summed E-state index contributed by atoms with van der Waals surface area (Å²) in [6.07, 6.45) is 80.2. The van der Waals surface area contributed by atoms with Gasteiger partial charge in [0.05, 0.1) is 25.4 Å². The standard InChI is InChI=1S/C68H129NO5/c1-3-5-7-9-11-13-15-17-19-21-29-32-36-40-44-48-52-56-60-66(71)65(64-70)69-67(72)61-57-53-49-45-41-37-33-30-27-25-23-22-24-26-28-31-35-39-43-47-51-55-59-63-74-68(73)62-58-54-50-46-42-38-34-20-18-16-14-12-10-8-6-4-2/h20,22,24-25,27,34,65-66,70-71H,3-19,21,23,26,28-33,35-64H2,1-2H3,(H,69,72)/b24-22-,27-25-,34-20-. The van der Waals surface area contributed by atoms with Gasteiger partial charge in [-0.25, -0.2) is 0 Å². The first-order valence-corrected chi connectivity index (χ1v) is 33.2. The summed E-state index contributed by atoms with van der Waals surface area (Å²) in [5, 5.41) is 23.3. The van der Waals surface area contributed by atoms with E-state index in [9.17, 15) is 19.8 Å². The minimum atomic E-state index is -0.672. The molecule has 436 valence electrons. The molecule has 0 aromatic heterocycles. The Hall–Kier alpha value is -1.92. The lowest BCUT2D eigenvalue weighted by molar-refractivity contribution is -0.143. The predicted molar refractivity (Wildman–Crippen MR) is 324 cm³/mol. The van der Waals surface area contributed by atoms with Crippen molar-refractivity contribution in [1.82, 2.24) is 5.32 Å². The second kappa shape index (κ2) is 63.6. The molecular formula is C68H129NO5. The molecule has 0 bridgehead atoms. The van der Waals surface area contributed by atoms with Crippen molar-refractivity contribution in [2.45, 2.75) is 373 Å². The molecule has 0 spiro atoms. The van der Waals surface area contributed by atoms with Crippen molar-refractivity contribution in [2.24, 2.45) is 0 Å². The topological polar surface area (TPSA) is 95.9 Å². The molecule has 0 saturated carbocycles. The van der Waals surface area contributed by atoms with E-state index in [1.165, 1.54) is 270 Å². The largest absolute Gasteiger partial charge is 0.466 e. The summed E-state index contributed by atoms with van der Waals surface area (Å²) in [6, 6.07) is -0.550. The van der Waals surface area contributed by atoms with E-state index in [4.69, 9.17) is 4.74 Å². The van der Waals surface area contributed by atoms with E-state index >= 15 is 0 Å². The molecule has 0 aromatic carbocycles. The van der Waals surface area contributed by atoms with E-state index in [2.05, 4.69) is 55.6 Å². The molecule has 0 aromatic rings. The van der Waals surface area contributed by atoms with Gasteiger partial charge >= 0.3 is 5.97 Å². The lowest BCUT2D eigenvalue weighted by Gasteiger charge is -2.22. The molecule has 0 rings (SSSR count). The van der Waals surface area contributed by atoms with Crippen LogP contribution in [0.4, 0.5) is 0 Å². The van der Waals surface area contributed by atoms with Gasteiger partial charge in [-0.05, 0) is 83.5 Å². The molecule has 1 amide bonds. The van der Waals surface area contributed by atoms with Crippen LogP contribution >= 0.6 is 0 Å². The Morgan fingerprint density at radius 2 is 0.676 bits per heavy atom. The van der Waals surface area contributed by atoms with Crippen LogP contribution in [0.15, 0.2) is 36.5 Å². The Labute approximate surface area is 462 Å². The highest BCUT2D eigenvalue weighted by molar-refractivity contribution is 5.76. The Morgan fingerprint density at radius 3 is 1.04 bits per heavy atom. The number of nitrogens with one attached hydrogen (secondary N) is 1. The second-order valence-corrected chi connectivity index (χ2v) is 22.8. The smallest absolute Gasteiger partial charge is 0.305 e. The quantitative estimate of drug-likeness (QED) is 0.0320. The van der Waals surface area contributed by atoms with Gasteiger partial charge in [0, 0.05) is 12.8 Å². The average molecular weight is 1040 g/mol. The van der Waals surface area contributed by atoms with Gasteiger partial charge in [-0.15, -0.1) is 0 Å². The zero-order valence-corrected chi connectivity index (χ0v) is 49.8. The highest BCUT2D eigenvalue weighted by atomic mass is 16.5. The molecule has 0 saturated heterocycles. The molecule has 0 aliphatic rings. The number of allylic oxidation sites excluding steroid dienone is 6. The summed E-state index contributed by atoms with van der Waals surface area (Å²) >= 11 is 0. The first-order chi connectivity index (χ1) is 36.5. The normalized spacial score (nSPS) is 12.8. The fourth-order valence-corrected chi connectivity index (χ4v) is 10.3. The fraction of sp³-hybridized carbons (Fsp3) is 0.882. The number of ether oxygens (including phenoxy) is 1. The second-order valence-electron chi connectivity index (χ2n) is 22.8. The van der Waals surface area contributed by atoms with Crippen LogP contribution in [0.3, 0.4) is 0 Å². The van der Waals surface area contributed by atoms with Gasteiger partial charge in [0.1, 0.15) is 0 Å². The minimum absolute atomic E-state index is 0.0000586. The molecule has 0 aliphatic carbocycles. The lowest BCUT2D eigenvalue weighted by atomic mass is 10.0. The van der Waals surface area contributed by atoms with Crippen LogP contribution in [0.5, 0.6) is 0 Å². The van der Waals surface area contributed by atoms with Crippen LogP contribution in [0.1, 0.15) is 361 Å². The molecule has 0 fully saturated rings. The summed E-state index contributed by atoms with van der Waals surface area (Å²) in [7, 11) is 0. The average Bonchev–Trinajstić information content (AvgIpc) is 3.40. The Kier molecular flexibility index (Phi) is 62.0. The highest BCUT2D eigenvalue weighted by Crippen LogP contribution is 2.18. The molecule has 74 heavy (non-hydrogen) atoms. The number of unbranched alkanes of at least 4 members (excludes halogenated alkanes) is 45. The highest BCUT2D eigenvalue weighted by Gasteiger charge is 2.20. The molecule has 6 nitrogen and oxygen atoms in total. The van der Waals surface area contributed by atoms with Crippen LogP contribution in [0.2, 0.25) is 0 Å². The monoisotopic (exact) mass is 1040 g/mol. The molecule has 0 radical (unpaired) electrons. The Bertz CT molecular complexity index is 1200. The number of carbonyl (C=O) groups excluding carboxylic acids is 2. The zero-order valence-electron chi connectivity index (χ0n) is 49.8. The number of hydrogen-bond acceptors (Lipinski definition) is 5. The summed E-state index contributed by atoms with van der Waals surface area (Å²) in [4.78, 5) is 24.6. The molecule has 0 aliphatic heterocycles. The predicted octanol–water partition coefficient (Wildman–Crippen LogP) is 21.1. The van der Waals surface area contributed by atoms with Crippen molar-refractivity contribution in [3.8, 4) is 0 Å². The fourth-order valence-electron chi connectivity index (χ4n) is 10.3. The number of aliphatic hydroxyl groups excluding tert-OH is 2. The van der Waals surface area contributed by atoms with Gasteiger partial charge < -0.3 is 20.3 Å². The summed E-state index contributed by atoms with van der Waals surface area (Å²) in [5.41, 5.74) is 0. The van der Waals surface area contributed by atoms with Crippen molar-refractivity contribution in [3.63, 3.8) is 0 Å². The molecule has 6 heteroatoms. The first-order valence-electron chi connectivity index (χ1n) is 33.2. The summed E-state index contributed by atoms with van der Waals surface area (Å²) < 4.78 is 5.48. The van der Waals surface area contributed by atoms with Crippen LogP contribution in [0.25, 0.3) is 0 Å². The third-order valence-corrected chi connectivity index (χ3v) is 15.4. The Morgan fingerprint density at radius 1 is 0.378 bits per heavy atom. The number of carbonyl (C=O) groups is 2. The van der Waals surface area contributed by atoms with E-state index in [0.717, 1.165) is 57.8 Å². The lowest BCUT2D eigenvalue weighted by Crippen LogP contribution is -2.45. The van der Waals surface area contributed by atoms with E-state index in [1.54, 1.807) is 0 Å². The van der Waals surface area contributed by atoms with Crippen LogP contribution in [-0.4, -0.2) is 47.4 Å². The van der Waals surface area contributed by atoms with Gasteiger partial charge in [-0.1, -0.05) is 301 Å². The van der Waals surface area contributed by atoms with Gasteiger partial charge in [0.2, 0.25) is 5.91 Å². The first kappa shape index (κ1) is 72.1. The molecule has 0 heterocycles. The number of esters is 1. The minimum Gasteiger partial charge on any atom is -0.466 e. The summed E-state index contributed by atoms with van der Waals surface area (Å²) in [5.74, 6) is -0.0429. The van der Waals surface area contributed by atoms with Gasteiger partial charge in [0.25, 0.3) is 0 Å². The van der Waals surface area contributed by atoms with Crippen LogP contribution in [0, 0.1) is 0 Å². The van der Waals surface area contributed by atoms with Gasteiger partial charge in [-0.3, -0.25) is 9.59 Å². The maximum atomic E-state index is 12.5. The third-order valence-electron chi connectivity index (χ3n) is 15.4. The SMILES string of the molecule is CCCCCCCCC/C=C\CCCCCCCC(=O)OCCCCCCCCCCC/C=C\C/C=C\CCCCCCCCCC(=O)NC(CO)C(O)CCCCCCCCCCCCCCCCCCCC. The number of hydrogen-bond donors (Lipinski definition) is 3. The van der Waals surface area contributed by atoms with Crippen LogP contribution < -0.4 is 5.32 Å². The maximum Gasteiger partial charge on any atom is 0.305 e. The van der Waals surface area contributed by atoms with Crippen molar-refractivity contribution in [3.05, 3.63) is 36.5 Å². The van der Waals surface area contributed by atoms with Crippen molar-refractivity contribution in [1.29, 1.82) is 0 Å². The van der Waals surface area contributed by atoms with Crippen molar-refractivity contribution in [2.75, 3.05) is 13.2 Å². The van der Waals surface area contributed by atoms with Gasteiger partial charge in [-0.2, -0.15) is 0 Å². The maximum absolute atomic E-state index is 12.5. The van der Waals surface area contributed by atoms with Crippen molar-refractivity contribution < 1.29 is 24.5 Å². The third kappa shape index (κ3) is 59.3. The summed E-state index contributed by atoms with van der Waals surface area (Å²) in [6.45, 7) is 4.96. The number of aliphatic hydroxyl groups is 2. The molecule has 2 unspecified atom stereocenters. The number of amides is 1.